The van der Waals surface area contributed by atoms with Crippen LogP contribution in [0.5, 0.6) is 0 Å². The maximum atomic E-state index is 13.0. The van der Waals surface area contributed by atoms with Crippen LogP contribution >= 0.6 is 0 Å². The van der Waals surface area contributed by atoms with Crippen molar-refractivity contribution in [3.8, 4) is 6.07 Å². The highest BCUT2D eigenvalue weighted by atomic mass is 19.4. The van der Waals surface area contributed by atoms with Gasteiger partial charge in [-0.2, -0.15) is 18.4 Å². The molecule has 0 aromatic heterocycles. The van der Waals surface area contributed by atoms with Crippen LogP contribution in [-0.4, -0.2) is 29.7 Å². The minimum Gasteiger partial charge on any atom is -0.298 e. The van der Waals surface area contributed by atoms with Crippen molar-refractivity contribution in [1.29, 1.82) is 5.26 Å². The number of hydrogen-bond acceptors (Lipinski definition) is 2. The zero-order chi connectivity index (χ0) is 24.4. The lowest BCUT2D eigenvalue weighted by Gasteiger charge is -2.38. The molecule has 1 saturated carbocycles. The van der Waals surface area contributed by atoms with Gasteiger partial charge in [0.05, 0.1) is 12.0 Å². The molecule has 3 rings (SSSR count). The van der Waals surface area contributed by atoms with Crippen LogP contribution in [0.15, 0.2) is 54.6 Å². The summed E-state index contributed by atoms with van der Waals surface area (Å²) in [5.41, 5.74) is 3.41. The first kappa shape index (κ1) is 26.9. The lowest BCUT2D eigenvalue weighted by atomic mass is 9.69. The standard InChI is InChI=1S/C26H34F3N.C2H3N/c1-19(2)30(18-17-21-7-5-4-6-8-21)20(3)9-10-22-11-13-23(14-12-22)24-15-16-25(24)26(27,28)29;1-2-3/h4-8,11-14,19-20,24-25H,9-10,15-18H2,1-3H3;1H3. The molecule has 180 valence electrons. The van der Waals surface area contributed by atoms with Crippen LogP contribution in [0, 0.1) is 17.2 Å². The Morgan fingerprint density at radius 1 is 0.939 bits per heavy atom. The molecule has 0 heterocycles. The molecule has 2 aromatic carbocycles. The number of aryl methyl sites for hydroxylation is 1. The topological polar surface area (TPSA) is 27.0 Å². The van der Waals surface area contributed by atoms with E-state index < -0.39 is 12.1 Å². The second-order valence-electron chi connectivity index (χ2n) is 9.25. The van der Waals surface area contributed by atoms with Gasteiger partial charge in [0, 0.05) is 25.6 Å². The van der Waals surface area contributed by atoms with E-state index in [2.05, 4.69) is 49.9 Å². The Morgan fingerprint density at radius 2 is 1.52 bits per heavy atom. The first-order valence-corrected chi connectivity index (χ1v) is 11.9. The minimum absolute atomic E-state index is 0.265. The molecule has 0 aliphatic heterocycles. The molecule has 0 saturated heterocycles. The smallest absolute Gasteiger partial charge is 0.298 e. The van der Waals surface area contributed by atoms with Gasteiger partial charge in [-0.05, 0) is 75.5 Å². The number of benzene rings is 2. The van der Waals surface area contributed by atoms with Gasteiger partial charge in [-0.1, -0.05) is 54.6 Å². The molecule has 0 N–H and O–H groups in total. The van der Waals surface area contributed by atoms with Crippen molar-refractivity contribution in [3.63, 3.8) is 0 Å². The molecule has 2 nitrogen and oxygen atoms in total. The molecular formula is C28H37F3N2. The highest BCUT2D eigenvalue weighted by Crippen LogP contribution is 2.50. The van der Waals surface area contributed by atoms with Crippen LogP contribution in [0.3, 0.4) is 0 Å². The van der Waals surface area contributed by atoms with Gasteiger partial charge in [0.25, 0.3) is 0 Å². The number of nitriles is 1. The van der Waals surface area contributed by atoms with E-state index in [1.54, 1.807) is 6.07 Å². The molecule has 0 bridgehead atoms. The summed E-state index contributed by atoms with van der Waals surface area (Å²) in [6.07, 6.45) is -0.131. The number of alkyl halides is 3. The van der Waals surface area contributed by atoms with Crippen LogP contribution in [0.2, 0.25) is 0 Å². The fraction of sp³-hybridized carbons (Fsp3) is 0.536. The first-order valence-electron chi connectivity index (χ1n) is 11.9. The van der Waals surface area contributed by atoms with Crippen molar-refractivity contribution >= 4 is 0 Å². The Bertz CT molecular complexity index is 853. The van der Waals surface area contributed by atoms with Crippen LogP contribution < -0.4 is 0 Å². The normalized spacial score (nSPS) is 18.8. The lowest BCUT2D eigenvalue weighted by Crippen LogP contribution is -2.40. The van der Waals surface area contributed by atoms with Gasteiger partial charge < -0.3 is 0 Å². The molecular weight excluding hydrogens is 421 g/mol. The van der Waals surface area contributed by atoms with Crippen molar-refractivity contribution in [3.05, 3.63) is 71.3 Å². The molecule has 33 heavy (non-hydrogen) atoms. The third kappa shape index (κ3) is 8.19. The van der Waals surface area contributed by atoms with Crippen LogP contribution in [-0.2, 0) is 12.8 Å². The largest absolute Gasteiger partial charge is 0.392 e. The van der Waals surface area contributed by atoms with E-state index in [9.17, 15) is 13.2 Å². The van der Waals surface area contributed by atoms with Gasteiger partial charge in [-0.3, -0.25) is 4.90 Å². The van der Waals surface area contributed by atoms with Gasteiger partial charge in [-0.25, -0.2) is 0 Å². The molecule has 1 aliphatic rings. The predicted molar refractivity (Wildman–Crippen MR) is 129 cm³/mol. The summed E-state index contributed by atoms with van der Waals surface area (Å²) in [5.74, 6) is -1.51. The molecule has 0 radical (unpaired) electrons. The first-order chi connectivity index (χ1) is 15.7. The molecule has 2 aromatic rings. The Kier molecular flexibility index (Phi) is 10.4. The molecule has 0 amide bonds. The zero-order valence-electron chi connectivity index (χ0n) is 20.3. The summed E-state index contributed by atoms with van der Waals surface area (Å²) in [5, 5.41) is 7.32. The maximum absolute atomic E-state index is 13.0. The van der Waals surface area contributed by atoms with E-state index in [0.717, 1.165) is 31.4 Å². The van der Waals surface area contributed by atoms with E-state index >= 15 is 0 Å². The third-order valence-corrected chi connectivity index (χ3v) is 6.68. The fourth-order valence-corrected chi connectivity index (χ4v) is 4.65. The average Bonchev–Trinajstić information content (AvgIpc) is 2.72. The summed E-state index contributed by atoms with van der Waals surface area (Å²) in [7, 11) is 0. The number of halogens is 3. The third-order valence-electron chi connectivity index (χ3n) is 6.68. The van der Waals surface area contributed by atoms with E-state index in [0.29, 0.717) is 18.5 Å². The van der Waals surface area contributed by atoms with Crippen LogP contribution in [0.25, 0.3) is 0 Å². The highest BCUT2D eigenvalue weighted by molar-refractivity contribution is 5.28. The molecule has 5 heteroatoms. The Morgan fingerprint density at radius 3 is 2.00 bits per heavy atom. The summed E-state index contributed by atoms with van der Waals surface area (Å²) in [6.45, 7) is 9.22. The lowest BCUT2D eigenvalue weighted by molar-refractivity contribution is -0.200. The van der Waals surface area contributed by atoms with Crippen molar-refractivity contribution in [2.24, 2.45) is 5.92 Å². The Labute approximate surface area is 197 Å². The number of rotatable bonds is 9. The summed E-state index contributed by atoms with van der Waals surface area (Å²) >= 11 is 0. The number of hydrogen-bond donors (Lipinski definition) is 0. The SMILES string of the molecule is CC#N.CC(C)N(CCc1ccccc1)C(C)CCc1ccc(C2CCC2C(F)(F)F)cc1. The maximum Gasteiger partial charge on any atom is 0.392 e. The van der Waals surface area contributed by atoms with Crippen LogP contribution in [0.4, 0.5) is 13.2 Å². The molecule has 0 spiro atoms. The van der Waals surface area contributed by atoms with E-state index in [1.807, 2.05) is 30.3 Å². The van der Waals surface area contributed by atoms with Crippen molar-refractivity contribution < 1.29 is 13.2 Å². The van der Waals surface area contributed by atoms with Gasteiger partial charge in [-0.15, -0.1) is 0 Å². The summed E-state index contributed by atoms with van der Waals surface area (Å²) in [6, 6.07) is 21.1. The quantitative estimate of drug-likeness (QED) is 0.388. The molecule has 3 atom stereocenters. The van der Waals surface area contributed by atoms with Crippen molar-refractivity contribution in [2.45, 2.75) is 84.0 Å². The molecule has 1 aliphatic carbocycles. The van der Waals surface area contributed by atoms with Crippen molar-refractivity contribution in [1.82, 2.24) is 4.90 Å². The van der Waals surface area contributed by atoms with Crippen LogP contribution in [0.1, 0.15) is 69.6 Å². The molecule has 3 unspecified atom stereocenters. The predicted octanol–water partition coefficient (Wildman–Crippen LogP) is 7.55. The monoisotopic (exact) mass is 458 g/mol. The van der Waals surface area contributed by atoms with E-state index in [-0.39, 0.29) is 12.3 Å². The van der Waals surface area contributed by atoms with Gasteiger partial charge in [0.1, 0.15) is 0 Å². The minimum atomic E-state index is -4.07. The van der Waals surface area contributed by atoms with E-state index in [1.165, 1.54) is 18.1 Å². The Balaban J connectivity index is 0.00000122. The average molecular weight is 459 g/mol. The van der Waals surface area contributed by atoms with Gasteiger partial charge in [0.15, 0.2) is 0 Å². The Hall–Kier alpha value is -2.32. The van der Waals surface area contributed by atoms with Gasteiger partial charge >= 0.3 is 6.18 Å². The summed E-state index contributed by atoms with van der Waals surface area (Å²) < 4.78 is 39.1. The zero-order valence-corrected chi connectivity index (χ0v) is 20.3. The molecule has 1 fully saturated rings. The second-order valence-corrected chi connectivity index (χ2v) is 9.25. The fourth-order valence-electron chi connectivity index (χ4n) is 4.65. The van der Waals surface area contributed by atoms with E-state index in [4.69, 9.17) is 5.26 Å². The van der Waals surface area contributed by atoms with Gasteiger partial charge in [0.2, 0.25) is 0 Å². The highest BCUT2D eigenvalue weighted by Gasteiger charge is 2.50. The van der Waals surface area contributed by atoms with Crippen molar-refractivity contribution in [2.75, 3.05) is 6.54 Å². The second kappa shape index (κ2) is 12.8. The summed E-state index contributed by atoms with van der Waals surface area (Å²) in [4.78, 5) is 2.55. The number of nitrogens with zero attached hydrogens (tertiary/aromatic N) is 2.